The summed E-state index contributed by atoms with van der Waals surface area (Å²) < 4.78 is 0. The minimum atomic E-state index is -0.575. The number of aliphatic hydroxyl groups excluding tert-OH is 2. The molecule has 0 aromatic rings. The molecule has 2 saturated heterocycles. The van der Waals surface area contributed by atoms with E-state index >= 15 is 0 Å². The van der Waals surface area contributed by atoms with Crippen LogP contribution in [0.1, 0.15) is 12.8 Å². The van der Waals surface area contributed by atoms with E-state index in [1.807, 2.05) is 0 Å². The monoisotopic (exact) mass is 200 g/mol. The summed E-state index contributed by atoms with van der Waals surface area (Å²) in [7, 11) is 0. The molecule has 2 fully saturated rings. The number of likely N-dealkylation sites (tertiary alicyclic amines) is 1. The van der Waals surface area contributed by atoms with Gasteiger partial charge in [0, 0.05) is 19.1 Å². The van der Waals surface area contributed by atoms with Crippen LogP contribution in [0.4, 0.5) is 0 Å². The summed E-state index contributed by atoms with van der Waals surface area (Å²) in [5.41, 5.74) is 0. The van der Waals surface area contributed by atoms with Crippen LogP contribution in [0.15, 0.2) is 0 Å². The minimum Gasteiger partial charge on any atom is -0.394 e. The molecule has 0 saturated carbocycles. The van der Waals surface area contributed by atoms with Crippen molar-refractivity contribution in [2.24, 2.45) is 5.92 Å². The van der Waals surface area contributed by atoms with Gasteiger partial charge < -0.3 is 15.5 Å². The molecule has 0 aromatic carbocycles. The van der Waals surface area contributed by atoms with Crippen LogP contribution in [0.25, 0.3) is 0 Å². The molecule has 0 aliphatic carbocycles. The summed E-state index contributed by atoms with van der Waals surface area (Å²) in [5, 5.41) is 21.6. The number of hydrogen-bond donors (Lipinski definition) is 3. The molecule has 0 spiro atoms. The first-order valence-corrected chi connectivity index (χ1v) is 5.55. The Kier molecular flexibility index (Phi) is 3.38. The summed E-state index contributed by atoms with van der Waals surface area (Å²) in [6, 6.07) is 0.588. The van der Waals surface area contributed by atoms with Crippen molar-refractivity contribution in [2.45, 2.75) is 25.0 Å². The van der Waals surface area contributed by atoms with E-state index in [4.69, 9.17) is 5.11 Å². The lowest BCUT2D eigenvalue weighted by atomic mass is 9.92. The molecule has 0 amide bonds. The van der Waals surface area contributed by atoms with E-state index in [9.17, 15) is 5.11 Å². The largest absolute Gasteiger partial charge is 0.394 e. The lowest BCUT2D eigenvalue weighted by Gasteiger charge is -2.37. The molecule has 82 valence electrons. The molecule has 3 unspecified atom stereocenters. The van der Waals surface area contributed by atoms with E-state index in [-0.39, 0.29) is 6.61 Å². The predicted molar refractivity (Wildman–Crippen MR) is 54.0 cm³/mol. The molecule has 3 atom stereocenters. The van der Waals surface area contributed by atoms with Crippen LogP contribution in [-0.4, -0.2) is 60.0 Å². The smallest absolute Gasteiger partial charge is 0.0897 e. The number of piperidine rings is 1. The first-order valence-electron chi connectivity index (χ1n) is 5.55. The first-order chi connectivity index (χ1) is 6.81. The lowest BCUT2D eigenvalue weighted by Crippen LogP contribution is -2.48. The van der Waals surface area contributed by atoms with Gasteiger partial charge in [-0.1, -0.05) is 0 Å². The third-order valence-corrected chi connectivity index (χ3v) is 3.45. The SMILES string of the molecule is OCC(O)CN1CCCC2CNCC21. The predicted octanol–water partition coefficient (Wildman–Crippen LogP) is -0.977. The maximum absolute atomic E-state index is 9.42. The van der Waals surface area contributed by atoms with Gasteiger partial charge in [0.2, 0.25) is 0 Å². The van der Waals surface area contributed by atoms with Gasteiger partial charge in [-0.2, -0.15) is 0 Å². The molecule has 14 heavy (non-hydrogen) atoms. The Morgan fingerprint density at radius 1 is 1.43 bits per heavy atom. The number of aliphatic hydroxyl groups is 2. The van der Waals surface area contributed by atoms with Crippen LogP contribution in [0.5, 0.6) is 0 Å². The first kappa shape index (κ1) is 10.4. The fourth-order valence-corrected chi connectivity index (χ4v) is 2.72. The van der Waals surface area contributed by atoms with Crippen molar-refractivity contribution in [3.63, 3.8) is 0 Å². The second-order valence-corrected chi connectivity index (χ2v) is 4.46. The zero-order valence-electron chi connectivity index (χ0n) is 8.52. The number of nitrogens with one attached hydrogen (secondary N) is 1. The number of nitrogens with zero attached hydrogens (tertiary/aromatic N) is 1. The van der Waals surface area contributed by atoms with Crippen LogP contribution in [0.2, 0.25) is 0 Å². The van der Waals surface area contributed by atoms with Gasteiger partial charge in [0.1, 0.15) is 0 Å². The van der Waals surface area contributed by atoms with Crippen molar-refractivity contribution in [1.29, 1.82) is 0 Å². The quantitative estimate of drug-likeness (QED) is 0.548. The van der Waals surface area contributed by atoms with Gasteiger partial charge in [0.05, 0.1) is 12.7 Å². The summed E-state index contributed by atoms with van der Waals surface area (Å²) in [5.74, 6) is 0.759. The van der Waals surface area contributed by atoms with E-state index in [2.05, 4.69) is 10.2 Å². The summed E-state index contributed by atoms with van der Waals surface area (Å²) in [6.07, 6.45) is 1.96. The summed E-state index contributed by atoms with van der Waals surface area (Å²) in [4.78, 5) is 2.33. The zero-order chi connectivity index (χ0) is 9.97. The molecular formula is C10H20N2O2. The molecule has 0 bridgehead atoms. The van der Waals surface area contributed by atoms with Crippen LogP contribution in [0.3, 0.4) is 0 Å². The van der Waals surface area contributed by atoms with Gasteiger partial charge in [0.25, 0.3) is 0 Å². The molecule has 0 radical (unpaired) electrons. The van der Waals surface area contributed by atoms with Crippen molar-refractivity contribution in [1.82, 2.24) is 10.2 Å². The van der Waals surface area contributed by atoms with E-state index in [1.54, 1.807) is 0 Å². The third-order valence-electron chi connectivity index (χ3n) is 3.45. The van der Waals surface area contributed by atoms with Gasteiger partial charge >= 0.3 is 0 Å². The topological polar surface area (TPSA) is 55.7 Å². The highest BCUT2D eigenvalue weighted by atomic mass is 16.3. The van der Waals surface area contributed by atoms with Crippen molar-refractivity contribution >= 4 is 0 Å². The third kappa shape index (κ3) is 2.08. The zero-order valence-corrected chi connectivity index (χ0v) is 8.52. The van der Waals surface area contributed by atoms with Crippen molar-refractivity contribution in [3.8, 4) is 0 Å². The molecule has 0 aromatic heterocycles. The van der Waals surface area contributed by atoms with E-state index < -0.39 is 6.10 Å². The van der Waals surface area contributed by atoms with Crippen LogP contribution in [0, 0.1) is 5.92 Å². The van der Waals surface area contributed by atoms with Gasteiger partial charge in [0.15, 0.2) is 0 Å². The molecule has 4 heteroatoms. The molecule has 2 heterocycles. The highest BCUT2D eigenvalue weighted by Gasteiger charge is 2.35. The normalized spacial score (nSPS) is 35.6. The van der Waals surface area contributed by atoms with Gasteiger partial charge in [-0.15, -0.1) is 0 Å². The summed E-state index contributed by atoms with van der Waals surface area (Å²) in [6.45, 7) is 3.74. The molecule has 4 nitrogen and oxygen atoms in total. The Hall–Kier alpha value is -0.160. The standard InChI is InChI=1S/C10H20N2O2/c13-7-9(14)6-12-3-1-2-8-4-11-5-10(8)12/h8-11,13-14H,1-7H2. The van der Waals surface area contributed by atoms with Crippen LogP contribution >= 0.6 is 0 Å². The minimum absolute atomic E-state index is 0.124. The number of β-amino-alcohol motifs (C(OH)–C–C–N with tert-alkyl or cyclic N) is 1. The van der Waals surface area contributed by atoms with Gasteiger partial charge in [-0.05, 0) is 31.8 Å². The average Bonchev–Trinajstić information content (AvgIpc) is 2.66. The Morgan fingerprint density at radius 3 is 3.07 bits per heavy atom. The van der Waals surface area contributed by atoms with Gasteiger partial charge in [-0.25, -0.2) is 0 Å². The Bertz CT molecular complexity index is 189. The van der Waals surface area contributed by atoms with Crippen LogP contribution < -0.4 is 5.32 Å². The van der Waals surface area contributed by atoms with Crippen molar-refractivity contribution < 1.29 is 10.2 Å². The average molecular weight is 200 g/mol. The van der Waals surface area contributed by atoms with Gasteiger partial charge in [-0.3, -0.25) is 4.90 Å². The molecule has 3 N–H and O–H groups in total. The highest BCUT2D eigenvalue weighted by molar-refractivity contribution is 4.92. The van der Waals surface area contributed by atoms with Crippen LogP contribution in [-0.2, 0) is 0 Å². The number of hydrogen-bond acceptors (Lipinski definition) is 4. The van der Waals surface area contributed by atoms with E-state index in [1.165, 1.54) is 12.8 Å². The second kappa shape index (κ2) is 4.57. The second-order valence-electron chi connectivity index (χ2n) is 4.46. The Balaban J connectivity index is 1.90. The molecule has 2 aliphatic heterocycles. The van der Waals surface area contributed by atoms with Crippen molar-refractivity contribution in [2.75, 3.05) is 32.8 Å². The number of fused-ring (bicyclic) bond motifs is 1. The Labute approximate surface area is 84.9 Å². The molecule has 2 rings (SSSR count). The molecular weight excluding hydrogens is 180 g/mol. The Morgan fingerprint density at radius 2 is 2.29 bits per heavy atom. The summed E-state index contributed by atoms with van der Waals surface area (Å²) >= 11 is 0. The number of rotatable bonds is 3. The maximum atomic E-state index is 9.42. The van der Waals surface area contributed by atoms with E-state index in [0.717, 1.165) is 25.6 Å². The van der Waals surface area contributed by atoms with E-state index in [0.29, 0.717) is 12.6 Å². The maximum Gasteiger partial charge on any atom is 0.0897 e. The molecule has 2 aliphatic rings. The highest BCUT2D eigenvalue weighted by Crippen LogP contribution is 2.26. The lowest BCUT2D eigenvalue weighted by molar-refractivity contribution is 0.0272. The fraction of sp³-hybridized carbons (Fsp3) is 1.00. The van der Waals surface area contributed by atoms with Crippen molar-refractivity contribution in [3.05, 3.63) is 0 Å². The fourth-order valence-electron chi connectivity index (χ4n) is 2.72.